The summed E-state index contributed by atoms with van der Waals surface area (Å²) in [6, 6.07) is 15.4. The molecule has 67 heavy (non-hydrogen) atoms. The zero-order valence-electron chi connectivity index (χ0n) is 39.6. The molecule has 14 nitrogen and oxygen atoms in total. The van der Waals surface area contributed by atoms with Gasteiger partial charge < -0.3 is 35.6 Å². The number of nitrogens with zero attached hydrogens (tertiary/aromatic N) is 5. The van der Waals surface area contributed by atoms with Gasteiger partial charge in [0.2, 0.25) is 23.6 Å². The van der Waals surface area contributed by atoms with Crippen LogP contribution < -0.4 is 10.6 Å². The van der Waals surface area contributed by atoms with Gasteiger partial charge in [0.25, 0.3) is 0 Å². The Hall–Kier alpha value is -5.67. The zero-order valence-corrected chi connectivity index (χ0v) is 40.4. The number of β-amino-alcohol motifs (C(OH)–C–C–N with tert-alkyl or cyclic N) is 1. The SMILES string of the molecule is Cc1ncsc1-c1ccc(CNC(=O)[C@@H]2C[C@@H](O)CN2C(=O)[C@@H](NC(=O)CCCCCCCCCCCCCC(=O)N2CC(c3c[nH]c4nnc(-c5ccccc5O)cc34)C2)C(C)(C)C)cc1. The number of nitrogens with one attached hydrogen (secondary N) is 3. The largest absolute Gasteiger partial charge is 0.507 e. The van der Waals surface area contributed by atoms with Crippen molar-refractivity contribution in [3.8, 4) is 27.4 Å². The van der Waals surface area contributed by atoms with Crippen molar-refractivity contribution in [1.82, 2.24) is 40.6 Å². The van der Waals surface area contributed by atoms with Gasteiger partial charge in [0, 0.05) is 68.5 Å². The van der Waals surface area contributed by atoms with Crippen LogP contribution in [0.2, 0.25) is 0 Å². The number of H-pyrrole nitrogens is 1. The van der Waals surface area contributed by atoms with Crippen molar-refractivity contribution in [1.29, 1.82) is 0 Å². The average molecular weight is 933 g/mol. The van der Waals surface area contributed by atoms with Crippen molar-refractivity contribution in [2.45, 2.75) is 148 Å². The smallest absolute Gasteiger partial charge is 0.246 e. The van der Waals surface area contributed by atoms with Crippen molar-refractivity contribution in [3.05, 3.63) is 83.1 Å². The van der Waals surface area contributed by atoms with E-state index in [4.69, 9.17) is 0 Å². The van der Waals surface area contributed by atoms with Gasteiger partial charge in [-0.2, -0.15) is 0 Å². The van der Waals surface area contributed by atoms with Gasteiger partial charge in [0.05, 0.1) is 27.9 Å². The molecule has 2 aliphatic rings. The summed E-state index contributed by atoms with van der Waals surface area (Å²) in [5, 5.41) is 36.4. The van der Waals surface area contributed by atoms with E-state index >= 15 is 0 Å². The van der Waals surface area contributed by atoms with E-state index in [1.165, 1.54) is 24.2 Å². The maximum Gasteiger partial charge on any atom is 0.246 e. The van der Waals surface area contributed by atoms with Gasteiger partial charge in [0.15, 0.2) is 5.65 Å². The topological polar surface area (TPSA) is 194 Å². The molecule has 7 rings (SSSR count). The average Bonchev–Trinajstić information content (AvgIpc) is 4.03. The third kappa shape index (κ3) is 12.9. The van der Waals surface area contributed by atoms with E-state index in [0.29, 0.717) is 49.4 Å². The first-order valence-corrected chi connectivity index (χ1v) is 25.1. The molecule has 0 saturated carbocycles. The van der Waals surface area contributed by atoms with Crippen LogP contribution in [0.15, 0.2) is 66.3 Å². The van der Waals surface area contributed by atoms with Gasteiger partial charge >= 0.3 is 0 Å². The number of thiazole rings is 1. The molecule has 2 saturated heterocycles. The number of unbranched alkanes of at least 4 members (excludes halogenated alkanes) is 10. The number of hydrogen-bond acceptors (Lipinski definition) is 10. The maximum atomic E-state index is 14.0. The Kier molecular flexibility index (Phi) is 16.8. The summed E-state index contributed by atoms with van der Waals surface area (Å²) in [6.45, 7) is 9.42. The molecule has 358 valence electrons. The molecular formula is C52H68N8O6S. The van der Waals surface area contributed by atoms with Crippen LogP contribution in [0.1, 0.15) is 133 Å². The molecule has 2 aromatic carbocycles. The Morgan fingerprint density at radius 1 is 0.866 bits per heavy atom. The number of aromatic hydroxyl groups is 1. The summed E-state index contributed by atoms with van der Waals surface area (Å²) >= 11 is 1.59. The lowest BCUT2D eigenvalue weighted by atomic mass is 9.85. The van der Waals surface area contributed by atoms with Gasteiger partial charge in [-0.1, -0.05) is 115 Å². The lowest BCUT2D eigenvalue weighted by molar-refractivity contribution is -0.144. The molecule has 3 atom stereocenters. The first kappa shape index (κ1) is 49.2. The standard InChI is InChI=1S/C52H68N8O6S/c1-34-47(67-33-55-34)36-24-22-35(23-25-36)28-54-50(65)43-26-38(61)32-60(43)51(66)48(52(2,3)4)56-45(63)20-14-12-10-8-6-5-7-9-11-13-15-21-46(64)59-30-37(31-59)41-29-53-49-40(41)27-42(57-58-49)39-18-16-17-19-44(39)62/h16-19,22-25,27,29,33,37-38,43,48,61-62H,5-15,20-21,26,28,30-32H2,1-4H3,(H,53,58)(H,54,65)(H,56,63)/t38-,43+,48-/m1/s1. The highest BCUT2D eigenvalue weighted by Crippen LogP contribution is 2.35. The second kappa shape index (κ2) is 22.9. The quantitative estimate of drug-likeness (QED) is 0.0423. The molecule has 2 aliphatic heterocycles. The molecule has 15 heteroatoms. The Bertz CT molecular complexity index is 2460. The molecule has 4 amide bonds. The first-order chi connectivity index (χ1) is 32.3. The van der Waals surface area contributed by atoms with Gasteiger partial charge in [-0.25, -0.2) is 4.98 Å². The van der Waals surface area contributed by atoms with E-state index in [1.54, 1.807) is 23.5 Å². The number of rotatable bonds is 22. The fourth-order valence-electron chi connectivity index (χ4n) is 9.31. The third-order valence-corrected chi connectivity index (χ3v) is 14.3. The van der Waals surface area contributed by atoms with E-state index in [1.807, 2.05) is 86.8 Å². The number of aromatic amines is 1. The van der Waals surface area contributed by atoms with E-state index in [0.717, 1.165) is 84.0 Å². The van der Waals surface area contributed by atoms with E-state index < -0.39 is 23.6 Å². The zero-order chi connectivity index (χ0) is 47.5. The summed E-state index contributed by atoms with van der Waals surface area (Å²) in [5.41, 5.74) is 7.29. The number of aryl methyl sites for hydroxylation is 1. The fourth-order valence-corrected chi connectivity index (χ4v) is 10.1. The molecule has 0 bridgehead atoms. The molecule has 0 spiro atoms. The number of carbonyl (C=O) groups is 4. The van der Waals surface area contributed by atoms with Crippen molar-refractivity contribution < 1.29 is 29.4 Å². The molecule has 0 radical (unpaired) electrons. The number of amides is 4. The summed E-state index contributed by atoms with van der Waals surface area (Å²) in [6.07, 6.45) is 13.9. The number of para-hydroxylation sites is 1. The van der Waals surface area contributed by atoms with Crippen LogP contribution >= 0.6 is 11.3 Å². The number of phenolic OH excluding ortho intramolecular Hbond substituents is 1. The minimum Gasteiger partial charge on any atom is -0.507 e. The van der Waals surface area contributed by atoms with E-state index in [-0.39, 0.29) is 48.3 Å². The first-order valence-electron chi connectivity index (χ1n) is 24.2. The van der Waals surface area contributed by atoms with E-state index in [2.05, 4.69) is 30.8 Å². The predicted molar refractivity (Wildman–Crippen MR) is 262 cm³/mol. The highest BCUT2D eigenvalue weighted by atomic mass is 32.1. The lowest BCUT2D eigenvalue weighted by Crippen LogP contribution is -2.57. The molecular weight excluding hydrogens is 865 g/mol. The van der Waals surface area contributed by atoms with Crippen molar-refractivity contribution in [2.75, 3.05) is 19.6 Å². The fraction of sp³-hybridized carbons (Fsp3) is 0.519. The van der Waals surface area contributed by atoms with Gasteiger partial charge in [0.1, 0.15) is 17.8 Å². The number of fused-ring (bicyclic) bond motifs is 1. The molecule has 2 fully saturated rings. The molecule has 0 aliphatic carbocycles. The lowest BCUT2D eigenvalue weighted by Gasteiger charge is -2.39. The van der Waals surface area contributed by atoms with Crippen LogP contribution in [-0.2, 0) is 25.7 Å². The third-order valence-electron chi connectivity index (χ3n) is 13.3. The highest BCUT2D eigenvalue weighted by Gasteiger charge is 2.44. The van der Waals surface area contributed by atoms with Crippen LogP contribution in [0.25, 0.3) is 32.7 Å². The number of aromatic nitrogens is 4. The summed E-state index contributed by atoms with van der Waals surface area (Å²) < 4.78 is 0. The molecule has 5 aromatic rings. The number of benzene rings is 2. The van der Waals surface area contributed by atoms with Crippen molar-refractivity contribution in [2.24, 2.45) is 5.41 Å². The van der Waals surface area contributed by atoms with Crippen LogP contribution in [0.5, 0.6) is 5.75 Å². The Morgan fingerprint density at radius 2 is 1.52 bits per heavy atom. The minimum absolute atomic E-state index is 0.0423. The summed E-state index contributed by atoms with van der Waals surface area (Å²) in [5.74, 6) is -0.213. The Morgan fingerprint density at radius 3 is 2.16 bits per heavy atom. The number of phenols is 1. The number of aliphatic hydroxyl groups excluding tert-OH is 1. The van der Waals surface area contributed by atoms with Gasteiger partial charge in [-0.15, -0.1) is 21.5 Å². The maximum absolute atomic E-state index is 14.0. The summed E-state index contributed by atoms with van der Waals surface area (Å²) in [7, 11) is 0. The second-order valence-electron chi connectivity index (χ2n) is 19.6. The Labute approximate surface area is 398 Å². The second-order valence-corrected chi connectivity index (χ2v) is 20.4. The minimum atomic E-state index is -0.835. The monoisotopic (exact) mass is 932 g/mol. The molecule has 5 N–H and O–H groups in total. The molecule has 0 unspecified atom stereocenters. The van der Waals surface area contributed by atoms with Crippen molar-refractivity contribution in [3.63, 3.8) is 0 Å². The number of hydrogen-bond donors (Lipinski definition) is 5. The van der Waals surface area contributed by atoms with E-state index in [9.17, 15) is 29.4 Å². The van der Waals surface area contributed by atoms with Crippen LogP contribution in [0.3, 0.4) is 0 Å². The van der Waals surface area contributed by atoms with Crippen molar-refractivity contribution >= 4 is 46.0 Å². The van der Waals surface area contributed by atoms with Crippen LogP contribution in [-0.4, -0.2) is 102 Å². The number of likely N-dealkylation sites (tertiary alicyclic amines) is 2. The van der Waals surface area contributed by atoms with Crippen LogP contribution in [0.4, 0.5) is 0 Å². The normalized spacial score (nSPS) is 16.9. The number of carbonyl (C=O) groups excluding carboxylic acids is 4. The highest BCUT2D eigenvalue weighted by molar-refractivity contribution is 7.13. The van der Waals surface area contributed by atoms with Gasteiger partial charge in [-0.05, 0) is 60.1 Å². The summed E-state index contributed by atoms with van der Waals surface area (Å²) in [4.78, 5) is 65.5. The number of aliphatic hydroxyl groups is 1. The molecule has 3 aromatic heterocycles. The molecule has 5 heterocycles. The Balaban J connectivity index is 0.721. The van der Waals surface area contributed by atoms with Gasteiger partial charge in [-0.3, -0.25) is 19.2 Å². The van der Waals surface area contributed by atoms with Crippen LogP contribution in [0, 0.1) is 12.3 Å². The predicted octanol–water partition coefficient (Wildman–Crippen LogP) is 8.57.